The molecule has 2 heterocycles. The van der Waals surface area contributed by atoms with Gasteiger partial charge in [0.25, 0.3) is 0 Å². The molecule has 5 heteroatoms. The summed E-state index contributed by atoms with van der Waals surface area (Å²) >= 11 is 3.45. The smallest absolute Gasteiger partial charge is 0.181 e. The molecule has 0 amide bonds. The second-order valence-electron chi connectivity index (χ2n) is 5.09. The Morgan fingerprint density at radius 1 is 1.22 bits per heavy atom. The predicted molar refractivity (Wildman–Crippen MR) is 76.1 cm³/mol. The van der Waals surface area contributed by atoms with E-state index in [-0.39, 0.29) is 5.41 Å². The third kappa shape index (κ3) is 2.67. The first kappa shape index (κ1) is 13.0. The molecule has 0 atom stereocenters. The number of hydrogen-bond donors (Lipinski definition) is 1. The van der Waals surface area contributed by atoms with Crippen LogP contribution in [0.15, 0.2) is 28.9 Å². The summed E-state index contributed by atoms with van der Waals surface area (Å²) in [5.41, 5.74) is 7.38. The van der Waals surface area contributed by atoms with Gasteiger partial charge in [0.1, 0.15) is 11.5 Å². The van der Waals surface area contributed by atoms with E-state index in [2.05, 4.69) is 51.7 Å². The van der Waals surface area contributed by atoms with Gasteiger partial charge in [-0.1, -0.05) is 20.8 Å². The molecule has 0 fully saturated rings. The molecular formula is C13H15BrN4. The number of pyridine rings is 1. The summed E-state index contributed by atoms with van der Waals surface area (Å²) in [5, 5.41) is 0. The Morgan fingerprint density at radius 3 is 2.56 bits per heavy atom. The first-order valence-electron chi connectivity index (χ1n) is 5.64. The van der Waals surface area contributed by atoms with Gasteiger partial charge >= 0.3 is 0 Å². The van der Waals surface area contributed by atoms with Gasteiger partial charge in [-0.25, -0.2) is 9.97 Å². The van der Waals surface area contributed by atoms with Crippen molar-refractivity contribution in [3.63, 3.8) is 0 Å². The lowest BCUT2D eigenvalue weighted by molar-refractivity contribution is 0.568. The first-order chi connectivity index (χ1) is 8.38. The SMILES string of the molecule is CC(C)(C)c1cc(N)nc(-c2ncccc2Br)n1. The van der Waals surface area contributed by atoms with E-state index in [1.807, 2.05) is 12.1 Å². The Hall–Kier alpha value is -1.49. The number of anilines is 1. The number of nitrogen functional groups attached to an aromatic ring is 1. The number of halogens is 1. The van der Waals surface area contributed by atoms with Crippen LogP contribution in [0.5, 0.6) is 0 Å². The zero-order chi connectivity index (χ0) is 13.3. The second-order valence-corrected chi connectivity index (χ2v) is 5.94. The van der Waals surface area contributed by atoms with Gasteiger partial charge in [0, 0.05) is 22.2 Å². The molecule has 2 aromatic heterocycles. The highest BCUT2D eigenvalue weighted by Crippen LogP contribution is 2.27. The van der Waals surface area contributed by atoms with Gasteiger partial charge in [-0.3, -0.25) is 4.98 Å². The van der Waals surface area contributed by atoms with Crippen LogP contribution in [-0.4, -0.2) is 15.0 Å². The summed E-state index contributed by atoms with van der Waals surface area (Å²) in [4.78, 5) is 13.1. The number of nitrogens with two attached hydrogens (primary N) is 1. The van der Waals surface area contributed by atoms with Gasteiger partial charge in [0.2, 0.25) is 0 Å². The van der Waals surface area contributed by atoms with Gasteiger partial charge in [-0.15, -0.1) is 0 Å². The van der Waals surface area contributed by atoms with Crippen LogP contribution in [0.1, 0.15) is 26.5 Å². The maximum absolute atomic E-state index is 5.85. The highest BCUT2D eigenvalue weighted by molar-refractivity contribution is 9.10. The largest absolute Gasteiger partial charge is 0.384 e. The third-order valence-corrected chi connectivity index (χ3v) is 3.12. The average Bonchev–Trinajstić information content (AvgIpc) is 2.27. The topological polar surface area (TPSA) is 64.7 Å². The van der Waals surface area contributed by atoms with Crippen LogP contribution in [-0.2, 0) is 5.41 Å². The van der Waals surface area contributed by atoms with E-state index in [0.717, 1.165) is 10.2 Å². The zero-order valence-corrected chi connectivity index (χ0v) is 12.2. The predicted octanol–water partition coefficient (Wildman–Crippen LogP) is 3.18. The van der Waals surface area contributed by atoms with Gasteiger partial charge in [-0.05, 0) is 28.1 Å². The lowest BCUT2D eigenvalue weighted by atomic mass is 9.92. The van der Waals surface area contributed by atoms with Gasteiger partial charge < -0.3 is 5.73 Å². The van der Waals surface area contributed by atoms with Crippen LogP contribution in [0, 0.1) is 0 Å². The van der Waals surface area contributed by atoms with E-state index in [1.54, 1.807) is 12.3 Å². The molecule has 0 bridgehead atoms. The fourth-order valence-electron chi connectivity index (χ4n) is 1.51. The maximum atomic E-state index is 5.85. The second kappa shape index (κ2) is 4.65. The van der Waals surface area contributed by atoms with E-state index in [0.29, 0.717) is 17.3 Å². The molecule has 0 spiro atoms. The molecule has 0 aliphatic carbocycles. The summed E-state index contributed by atoms with van der Waals surface area (Å²) in [6.07, 6.45) is 1.71. The van der Waals surface area contributed by atoms with Gasteiger partial charge in [-0.2, -0.15) is 0 Å². The van der Waals surface area contributed by atoms with Crippen molar-refractivity contribution in [2.45, 2.75) is 26.2 Å². The molecule has 0 unspecified atom stereocenters. The minimum Gasteiger partial charge on any atom is -0.384 e. The molecule has 2 aromatic rings. The lowest BCUT2D eigenvalue weighted by Crippen LogP contribution is -2.15. The molecule has 94 valence electrons. The van der Waals surface area contributed by atoms with Crippen molar-refractivity contribution in [3.05, 3.63) is 34.6 Å². The Balaban J connectivity index is 2.60. The molecule has 0 saturated carbocycles. The quantitative estimate of drug-likeness (QED) is 0.879. The van der Waals surface area contributed by atoms with E-state index >= 15 is 0 Å². The third-order valence-electron chi connectivity index (χ3n) is 2.48. The van der Waals surface area contributed by atoms with Crippen molar-refractivity contribution in [3.8, 4) is 11.5 Å². The van der Waals surface area contributed by atoms with Crippen LogP contribution < -0.4 is 5.73 Å². The molecular weight excluding hydrogens is 292 g/mol. The van der Waals surface area contributed by atoms with Crippen molar-refractivity contribution in [1.29, 1.82) is 0 Å². The molecule has 0 saturated heterocycles. The molecule has 2 rings (SSSR count). The molecule has 18 heavy (non-hydrogen) atoms. The normalized spacial score (nSPS) is 11.6. The molecule has 0 radical (unpaired) electrons. The van der Waals surface area contributed by atoms with E-state index in [9.17, 15) is 0 Å². The number of hydrogen-bond acceptors (Lipinski definition) is 4. The van der Waals surface area contributed by atoms with Crippen LogP contribution in [0.2, 0.25) is 0 Å². The Kier molecular flexibility index (Phi) is 3.34. The van der Waals surface area contributed by atoms with Crippen LogP contribution in [0.3, 0.4) is 0 Å². The van der Waals surface area contributed by atoms with Gasteiger partial charge in [0.05, 0.1) is 5.69 Å². The first-order valence-corrected chi connectivity index (χ1v) is 6.43. The van der Waals surface area contributed by atoms with Crippen molar-refractivity contribution in [2.75, 3.05) is 5.73 Å². The summed E-state index contributed by atoms with van der Waals surface area (Å²) in [5.74, 6) is 1.01. The van der Waals surface area contributed by atoms with Crippen molar-refractivity contribution in [2.24, 2.45) is 0 Å². The van der Waals surface area contributed by atoms with Crippen molar-refractivity contribution >= 4 is 21.7 Å². The van der Waals surface area contributed by atoms with Gasteiger partial charge in [0.15, 0.2) is 5.82 Å². The Morgan fingerprint density at radius 2 is 1.94 bits per heavy atom. The molecule has 0 aliphatic rings. The number of nitrogens with zero attached hydrogens (tertiary/aromatic N) is 3. The van der Waals surface area contributed by atoms with E-state index in [4.69, 9.17) is 5.73 Å². The summed E-state index contributed by atoms with van der Waals surface area (Å²) in [6, 6.07) is 5.57. The minimum absolute atomic E-state index is 0.0763. The monoisotopic (exact) mass is 306 g/mol. The van der Waals surface area contributed by atoms with E-state index in [1.165, 1.54) is 0 Å². The Bertz CT molecular complexity index is 575. The minimum atomic E-state index is -0.0763. The van der Waals surface area contributed by atoms with Crippen molar-refractivity contribution < 1.29 is 0 Å². The van der Waals surface area contributed by atoms with E-state index < -0.39 is 0 Å². The lowest BCUT2D eigenvalue weighted by Gasteiger charge is -2.18. The molecule has 0 aliphatic heterocycles. The maximum Gasteiger partial charge on any atom is 0.181 e. The number of rotatable bonds is 1. The highest BCUT2D eigenvalue weighted by Gasteiger charge is 2.19. The van der Waals surface area contributed by atoms with Crippen LogP contribution in [0.4, 0.5) is 5.82 Å². The molecule has 4 nitrogen and oxygen atoms in total. The molecule has 0 aromatic carbocycles. The average molecular weight is 307 g/mol. The zero-order valence-electron chi connectivity index (χ0n) is 10.6. The summed E-state index contributed by atoms with van der Waals surface area (Å²) in [7, 11) is 0. The van der Waals surface area contributed by atoms with Crippen LogP contribution >= 0.6 is 15.9 Å². The summed E-state index contributed by atoms with van der Waals surface area (Å²) in [6.45, 7) is 6.27. The van der Waals surface area contributed by atoms with Crippen LogP contribution in [0.25, 0.3) is 11.5 Å². The standard InChI is InChI=1S/C13H15BrN4/c1-13(2,3)9-7-10(15)18-12(17-9)11-8(14)5-4-6-16-11/h4-7H,1-3H3,(H2,15,17,18). The fourth-order valence-corrected chi connectivity index (χ4v) is 1.94. The Labute approximate surface area is 115 Å². The fraction of sp³-hybridized carbons (Fsp3) is 0.308. The summed E-state index contributed by atoms with van der Waals surface area (Å²) < 4.78 is 0.857. The van der Waals surface area contributed by atoms with Crippen molar-refractivity contribution in [1.82, 2.24) is 15.0 Å². The number of aromatic nitrogens is 3. The molecule has 2 N–H and O–H groups in total. The highest BCUT2D eigenvalue weighted by atomic mass is 79.9.